The van der Waals surface area contributed by atoms with E-state index in [1.165, 1.54) is 36.8 Å². The minimum Gasteiger partial charge on any atom is -0.315 e. The van der Waals surface area contributed by atoms with Gasteiger partial charge in [-0.05, 0) is 43.0 Å². The van der Waals surface area contributed by atoms with Crippen molar-refractivity contribution in [3.05, 3.63) is 29.3 Å². The lowest BCUT2D eigenvalue weighted by molar-refractivity contribution is -0.118. The molecule has 1 aliphatic carbocycles. The van der Waals surface area contributed by atoms with Gasteiger partial charge in [-0.25, -0.2) is 0 Å². The molecule has 1 amide bonds. The monoisotopic (exact) mass is 272 g/mol. The molecule has 1 fully saturated rings. The van der Waals surface area contributed by atoms with Crippen molar-refractivity contribution in [2.45, 2.75) is 44.6 Å². The summed E-state index contributed by atoms with van der Waals surface area (Å²) in [7, 11) is 3.93. The van der Waals surface area contributed by atoms with Crippen LogP contribution in [-0.2, 0) is 11.2 Å². The maximum absolute atomic E-state index is 11.7. The lowest BCUT2D eigenvalue weighted by Gasteiger charge is -2.31. The Hall–Kier alpha value is -1.35. The first-order chi connectivity index (χ1) is 9.69. The zero-order valence-corrected chi connectivity index (χ0v) is 12.5. The van der Waals surface area contributed by atoms with Crippen molar-refractivity contribution >= 4 is 11.6 Å². The summed E-state index contributed by atoms with van der Waals surface area (Å²) < 4.78 is 0. The minimum absolute atomic E-state index is 0.227. The van der Waals surface area contributed by atoms with Gasteiger partial charge in [-0.2, -0.15) is 0 Å². The fraction of sp³-hybridized carbons (Fsp3) is 0.588. The average Bonchev–Trinajstić information content (AvgIpc) is 2.42. The number of hydrogen-bond donors (Lipinski definition) is 1. The second-order valence-corrected chi connectivity index (χ2v) is 6.21. The molecule has 0 radical (unpaired) electrons. The highest BCUT2D eigenvalue weighted by Crippen LogP contribution is 2.36. The highest BCUT2D eigenvalue weighted by Gasteiger charge is 2.25. The molecule has 1 heterocycles. The third-order valence-corrected chi connectivity index (χ3v) is 4.99. The van der Waals surface area contributed by atoms with Crippen molar-refractivity contribution in [1.29, 1.82) is 0 Å². The largest absolute Gasteiger partial charge is 0.315 e. The molecule has 1 N–H and O–H groups in total. The highest BCUT2D eigenvalue weighted by molar-refractivity contribution is 5.95. The molecule has 1 aliphatic heterocycles. The Balaban J connectivity index is 1.81. The standard InChI is InChI=1S/C17H24N2O/c1-18-15(10-12-4-3-5-12)13-6-8-16-14(11-13)7-9-17(20)19(16)2/h6,8,11-12,15,18H,3-5,7,9-10H2,1-2H3. The average molecular weight is 272 g/mol. The number of aryl methyl sites for hydroxylation is 1. The van der Waals surface area contributed by atoms with Crippen molar-refractivity contribution in [3.63, 3.8) is 0 Å². The first kappa shape index (κ1) is 13.6. The summed E-state index contributed by atoms with van der Waals surface area (Å²) >= 11 is 0. The molecule has 1 saturated carbocycles. The molecule has 3 nitrogen and oxygen atoms in total. The molecule has 1 aromatic carbocycles. The smallest absolute Gasteiger partial charge is 0.227 e. The van der Waals surface area contributed by atoms with Gasteiger partial charge in [-0.3, -0.25) is 4.79 Å². The number of nitrogens with one attached hydrogen (secondary N) is 1. The van der Waals surface area contributed by atoms with E-state index in [4.69, 9.17) is 0 Å². The second kappa shape index (κ2) is 5.57. The molecule has 1 unspecified atom stereocenters. The van der Waals surface area contributed by atoms with Crippen LogP contribution in [0.4, 0.5) is 5.69 Å². The van der Waals surface area contributed by atoms with Gasteiger partial charge >= 0.3 is 0 Å². The molecule has 3 heteroatoms. The molecule has 108 valence electrons. The van der Waals surface area contributed by atoms with E-state index in [-0.39, 0.29) is 5.91 Å². The van der Waals surface area contributed by atoms with E-state index in [0.717, 1.165) is 18.0 Å². The van der Waals surface area contributed by atoms with Gasteiger partial charge in [-0.1, -0.05) is 31.4 Å². The van der Waals surface area contributed by atoms with E-state index in [1.807, 2.05) is 7.05 Å². The van der Waals surface area contributed by atoms with Crippen LogP contribution >= 0.6 is 0 Å². The van der Waals surface area contributed by atoms with Gasteiger partial charge in [0.15, 0.2) is 0 Å². The SMILES string of the molecule is CNC(CC1CCC1)c1ccc2c(c1)CCC(=O)N2C. The molecular weight excluding hydrogens is 248 g/mol. The van der Waals surface area contributed by atoms with Crippen molar-refractivity contribution in [2.75, 3.05) is 19.0 Å². The molecule has 0 bridgehead atoms. The molecule has 3 rings (SSSR count). The molecule has 1 aromatic rings. The lowest BCUT2D eigenvalue weighted by atomic mass is 9.79. The Morgan fingerprint density at radius 3 is 2.80 bits per heavy atom. The van der Waals surface area contributed by atoms with Crippen LogP contribution in [0.25, 0.3) is 0 Å². The van der Waals surface area contributed by atoms with E-state index < -0.39 is 0 Å². The summed E-state index contributed by atoms with van der Waals surface area (Å²) in [5.41, 5.74) is 3.78. The van der Waals surface area contributed by atoms with Crippen LogP contribution in [0.5, 0.6) is 0 Å². The number of amides is 1. The fourth-order valence-corrected chi connectivity index (χ4v) is 3.38. The predicted octanol–water partition coefficient (Wildman–Crippen LogP) is 3.05. The van der Waals surface area contributed by atoms with Gasteiger partial charge < -0.3 is 10.2 Å². The Morgan fingerprint density at radius 1 is 1.35 bits per heavy atom. The molecular formula is C17H24N2O. The van der Waals surface area contributed by atoms with Crippen LogP contribution in [0.2, 0.25) is 0 Å². The van der Waals surface area contributed by atoms with E-state index in [2.05, 4.69) is 30.6 Å². The van der Waals surface area contributed by atoms with Crippen LogP contribution in [-0.4, -0.2) is 20.0 Å². The second-order valence-electron chi connectivity index (χ2n) is 6.21. The summed E-state index contributed by atoms with van der Waals surface area (Å²) in [5.74, 6) is 1.12. The van der Waals surface area contributed by atoms with E-state index in [9.17, 15) is 4.79 Å². The molecule has 0 spiro atoms. The van der Waals surface area contributed by atoms with Crippen molar-refractivity contribution in [3.8, 4) is 0 Å². The Kier molecular flexibility index (Phi) is 3.79. The maximum Gasteiger partial charge on any atom is 0.227 e. The number of carbonyl (C=O) groups excluding carboxylic acids is 1. The van der Waals surface area contributed by atoms with Crippen LogP contribution in [0.1, 0.15) is 49.3 Å². The van der Waals surface area contributed by atoms with E-state index >= 15 is 0 Å². The third-order valence-electron chi connectivity index (χ3n) is 4.99. The highest BCUT2D eigenvalue weighted by atomic mass is 16.2. The van der Waals surface area contributed by atoms with Gasteiger partial charge in [0.2, 0.25) is 5.91 Å². The Bertz CT molecular complexity index is 508. The minimum atomic E-state index is 0.227. The summed E-state index contributed by atoms with van der Waals surface area (Å²) in [6.07, 6.45) is 6.94. The molecule has 20 heavy (non-hydrogen) atoms. The number of fused-ring (bicyclic) bond motifs is 1. The molecule has 0 aromatic heterocycles. The third kappa shape index (κ3) is 2.47. The molecule has 0 saturated heterocycles. The van der Waals surface area contributed by atoms with Gasteiger partial charge in [-0.15, -0.1) is 0 Å². The Morgan fingerprint density at radius 2 is 2.15 bits per heavy atom. The number of hydrogen-bond acceptors (Lipinski definition) is 2. The number of benzene rings is 1. The zero-order valence-electron chi connectivity index (χ0n) is 12.5. The number of nitrogens with zero attached hydrogens (tertiary/aromatic N) is 1. The number of carbonyl (C=O) groups is 1. The van der Waals surface area contributed by atoms with E-state index in [1.54, 1.807) is 4.90 Å². The van der Waals surface area contributed by atoms with Crippen LogP contribution in [0, 0.1) is 5.92 Å². The first-order valence-corrected chi connectivity index (χ1v) is 7.75. The first-order valence-electron chi connectivity index (χ1n) is 7.75. The topological polar surface area (TPSA) is 32.3 Å². The quantitative estimate of drug-likeness (QED) is 0.913. The maximum atomic E-state index is 11.7. The number of rotatable bonds is 4. The van der Waals surface area contributed by atoms with Gasteiger partial charge in [0.05, 0.1) is 0 Å². The van der Waals surface area contributed by atoms with Crippen LogP contribution in [0.15, 0.2) is 18.2 Å². The van der Waals surface area contributed by atoms with Gasteiger partial charge in [0.25, 0.3) is 0 Å². The summed E-state index contributed by atoms with van der Waals surface area (Å²) in [4.78, 5) is 13.5. The predicted molar refractivity (Wildman–Crippen MR) is 81.9 cm³/mol. The van der Waals surface area contributed by atoms with Crippen LogP contribution in [0.3, 0.4) is 0 Å². The fourth-order valence-electron chi connectivity index (χ4n) is 3.38. The van der Waals surface area contributed by atoms with Crippen molar-refractivity contribution < 1.29 is 4.79 Å². The summed E-state index contributed by atoms with van der Waals surface area (Å²) in [6.45, 7) is 0. The molecule has 2 aliphatic rings. The van der Waals surface area contributed by atoms with Gasteiger partial charge in [0.1, 0.15) is 0 Å². The van der Waals surface area contributed by atoms with Crippen LogP contribution < -0.4 is 10.2 Å². The zero-order chi connectivity index (χ0) is 14.1. The Labute approximate surface area is 121 Å². The summed E-state index contributed by atoms with van der Waals surface area (Å²) in [5, 5.41) is 3.46. The van der Waals surface area contributed by atoms with Crippen molar-refractivity contribution in [2.24, 2.45) is 5.92 Å². The normalized spacial score (nSPS) is 20.5. The lowest BCUT2D eigenvalue weighted by Crippen LogP contribution is -2.31. The molecule has 1 atom stereocenters. The summed E-state index contributed by atoms with van der Waals surface area (Å²) in [6, 6.07) is 7.06. The van der Waals surface area contributed by atoms with Crippen molar-refractivity contribution in [1.82, 2.24) is 5.32 Å². The van der Waals surface area contributed by atoms with E-state index in [0.29, 0.717) is 12.5 Å². The van der Waals surface area contributed by atoms with Gasteiger partial charge in [0, 0.05) is 25.2 Å². The number of anilines is 1.